The number of esters is 1. The first-order chi connectivity index (χ1) is 15.9. The number of anilines is 1. The van der Waals surface area contributed by atoms with Gasteiger partial charge in [-0.25, -0.2) is 9.48 Å². The monoisotopic (exact) mass is 446 g/mol. The minimum absolute atomic E-state index is 0.173. The molecule has 168 valence electrons. The van der Waals surface area contributed by atoms with Gasteiger partial charge in [0.1, 0.15) is 0 Å². The van der Waals surface area contributed by atoms with Crippen molar-refractivity contribution < 1.29 is 23.9 Å². The van der Waals surface area contributed by atoms with E-state index in [2.05, 4.69) is 10.4 Å². The second kappa shape index (κ2) is 9.47. The number of nitrogens with zero attached hydrogens (tertiary/aromatic N) is 3. The molecule has 0 atom stereocenters. The SMILES string of the molecule is CCOC(=O)c1ccn(-c2cccc(NC(=O)c3ccc(CN4C(=O)CCC4=O)cc3)c2)n1. The van der Waals surface area contributed by atoms with Gasteiger partial charge in [-0.15, -0.1) is 0 Å². The van der Waals surface area contributed by atoms with Gasteiger partial charge in [-0.3, -0.25) is 19.3 Å². The van der Waals surface area contributed by atoms with Crippen LogP contribution in [0.15, 0.2) is 60.8 Å². The maximum atomic E-state index is 12.7. The zero-order chi connectivity index (χ0) is 23.4. The molecule has 1 fully saturated rings. The molecule has 9 heteroatoms. The lowest BCUT2D eigenvalue weighted by molar-refractivity contribution is -0.139. The van der Waals surface area contributed by atoms with Crippen molar-refractivity contribution in [1.82, 2.24) is 14.7 Å². The lowest BCUT2D eigenvalue weighted by atomic mass is 10.1. The molecule has 0 saturated carbocycles. The largest absolute Gasteiger partial charge is 0.461 e. The van der Waals surface area contributed by atoms with Crippen LogP contribution in [-0.2, 0) is 20.9 Å². The normalized spacial score (nSPS) is 13.3. The molecule has 4 rings (SSSR count). The average Bonchev–Trinajstić information content (AvgIpc) is 3.43. The fraction of sp³-hybridized carbons (Fsp3) is 0.208. The van der Waals surface area contributed by atoms with Crippen LogP contribution in [0, 0.1) is 0 Å². The molecule has 2 heterocycles. The Morgan fingerprint density at radius 3 is 2.45 bits per heavy atom. The van der Waals surface area contributed by atoms with Gasteiger partial charge in [0.25, 0.3) is 5.91 Å². The Labute approximate surface area is 190 Å². The summed E-state index contributed by atoms with van der Waals surface area (Å²) in [5.74, 6) is -1.15. The van der Waals surface area contributed by atoms with Gasteiger partial charge in [0.2, 0.25) is 11.8 Å². The molecule has 0 aliphatic carbocycles. The molecule has 0 spiro atoms. The topological polar surface area (TPSA) is 111 Å². The van der Waals surface area contributed by atoms with Crippen LogP contribution in [0.2, 0.25) is 0 Å². The first kappa shape index (κ1) is 21.9. The summed E-state index contributed by atoms with van der Waals surface area (Å²) in [7, 11) is 0. The van der Waals surface area contributed by atoms with Gasteiger partial charge in [0.05, 0.1) is 18.8 Å². The molecular formula is C24H22N4O5. The summed E-state index contributed by atoms with van der Waals surface area (Å²) in [5.41, 5.74) is 2.63. The summed E-state index contributed by atoms with van der Waals surface area (Å²) in [4.78, 5) is 49.3. The first-order valence-corrected chi connectivity index (χ1v) is 10.5. The van der Waals surface area contributed by atoms with Crippen LogP contribution >= 0.6 is 0 Å². The van der Waals surface area contributed by atoms with Crippen LogP contribution in [0.1, 0.15) is 46.2 Å². The molecule has 0 unspecified atom stereocenters. The second-order valence-corrected chi connectivity index (χ2v) is 7.44. The number of carbonyl (C=O) groups excluding carboxylic acids is 4. The molecule has 1 aromatic heterocycles. The third kappa shape index (κ3) is 4.98. The van der Waals surface area contributed by atoms with E-state index < -0.39 is 5.97 Å². The Balaban J connectivity index is 1.42. The molecule has 33 heavy (non-hydrogen) atoms. The van der Waals surface area contributed by atoms with E-state index in [0.29, 0.717) is 16.9 Å². The van der Waals surface area contributed by atoms with Crippen LogP contribution < -0.4 is 5.32 Å². The van der Waals surface area contributed by atoms with E-state index in [1.165, 1.54) is 9.58 Å². The number of amides is 3. The standard InChI is InChI=1S/C24H22N4O5/c1-2-33-24(32)20-12-13-28(26-20)19-5-3-4-18(14-19)25-23(31)17-8-6-16(7-9-17)15-27-21(29)10-11-22(27)30/h3-9,12-14H,2,10-11,15H2,1H3,(H,25,31). The van der Waals surface area contributed by atoms with Crippen molar-refractivity contribution in [3.8, 4) is 5.69 Å². The van der Waals surface area contributed by atoms with E-state index >= 15 is 0 Å². The zero-order valence-corrected chi connectivity index (χ0v) is 18.0. The van der Waals surface area contributed by atoms with Gasteiger partial charge in [0.15, 0.2) is 5.69 Å². The van der Waals surface area contributed by atoms with E-state index in [1.54, 1.807) is 67.7 Å². The molecule has 1 aliphatic heterocycles. The summed E-state index contributed by atoms with van der Waals surface area (Å²) in [6, 6.07) is 15.4. The van der Waals surface area contributed by atoms with E-state index in [9.17, 15) is 19.2 Å². The van der Waals surface area contributed by atoms with Gasteiger partial charge in [0, 0.05) is 30.3 Å². The predicted molar refractivity (Wildman–Crippen MR) is 119 cm³/mol. The fourth-order valence-electron chi connectivity index (χ4n) is 3.45. The Hall–Kier alpha value is -4.27. The number of likely N-dealkylation sites (tertiary alicyclic amines) is 1. The van der Waals surface area contributed by atoms with Gasteiger partial charge >= 0.3 is 5.97 Å². The maximum absolute atomic E-state index is 12.7. The average molecular weight is 446 g/mol. The molecular weight excluding hydrogens is 424 g/mol. The minimum atomic E-state index is -0.498. The summed E-state index contributed by atoms with van der Waals surface area (Å²) in [6.45, 7) is 2.20. The molecule has 1 aliphatic rings. The van der Waals surface area contributed by atoms with Crippen molar-refractivity contribution in [2.75, 3.05) is 11.9 Å². The summed E-state index contributed by atoms with van der Waals surface area (Å²) >= 11 is 0. The molecule has 0 bridgehead atoms. The molecule has 1 N–H and O–H groups in total. The highest BCUT2D eigenvalue weighted by Crippen LogP contribution is 2.18. The van der Waals surface area contributed by atoms with Crippen molar-refractivity contribution in [1.29, 1.82) is 0 Å². The highest BCUT2D eigenvalue weighted by atomic mass is 16.5. The lowest BCUT2D eigenvalue weighted by Crippen LogP contribution is -2.28. The number of ether oxygens (including phenoxy) is 1. The number of benzene rings is 2. The lowest BCUT2D eigenvalue weighted by Gasteiger charge is -2.14. The van der Waals surface area contributed by atoms with Gasteiger partial charge < -0.3 is 10.1 Å². The molecule has 2 aromatic carbocycles. The van der Waals surface area contributed by atoms with Crippen LogP contribution in [0.4, 0.5) is 5.69 Å². The van der Waals surface area contributed by atoms with E-state index in [-0.39, 0.29) is 49.4 Å². The second-order valence-electron chi connectivity index (χ2n) is 7.44. The van der Waals surface area contributed by atoms with Gasteiger partial charge in [-0.2, -0.15) is 5.10 Å². The van der Waals surface area contributed by atoms with Gasteiger partial charge in [-0.1, -0.05) is 18.2 Å². The summed E-state index contributed by atoms with van der Waals surface area (Å²) in [5, 5.41) is 7.05. The van der Waals surface area contributed by atoms with Crippen molar-refractivity contribution in [3.05, 3.63) is 77.6 Å². The number of hydrogen-bond donors (Lipinski definition) is 1. The number of hydrogen-bond acceptors (Lipinski definition) is 6. The zero-order valence-electron chi connectivity index (χ0n) is 18.0. The number of aromatic nitrogens is 2. The molecule has 0 radical (unpaired) electrons. The third-order valence-corrected chi connectivity index (χ3v) is 5.15. The first-order valence-electron chi connectivity index (χ1n) is 10.5. The fourth-order valence-corrected chi connectivity index (χ4v) is 3.45. The van der Waals surface area contributed by atoms with Crippen LogP contribution in [0.5, 0.6) is 0 Å². The van der Waals surface area contributed by atoms with E-state index in [1.807, 2.05) is 0 Å². The Bertz CT molecular complexity index is 1200. The van der Waals surface area contributed by atoms with Crippen molar-refractivity contribution in [2.45, 2.75) is 26.3 Å². The molecule has 1 saturated heterocycles. The van der Waals surface area contributed by atoms with Crippen molar-refractivity contribution in [3.63, 3.8) is 0 Å². The molecule has 9 nitrogen and oxygen atoms in total. The van der Waals surface area contributed by atoms with Crippen molar-refractivity contribution in [2.24, 2.45) is 0 Å². The van der Waals surface area contributed by atoms with Crippen LogP contribution in [-0.4, -0.2) is 45.0 Å². The van der Waals surface area contributed by atoms with Crippen LogP contribution in [0.3, 0.4) is 0 Å². The van der Waals surface area contributed by atoms with Gasteiger partial charge in [-0.05, 0) is 48.9 Å². The molecule has 3 amide bonds. The smallest absolute Gasteiger partial charge is 0.358 e. The predicted octanol–water partition coefficient (Wildman–Crippen LogP) is 2.95. The number of carbonyl (C=O) groups is 4. The molecule has 3 aromatic rings. The van der Waals surface area contributed by atoms with Crippen LogP contribution in [0.25, 0.3) is 5.69 Å². The number of rotatable bonds is 7. The maximum Gasteiger partial charge on any atom is 0.358 e. The summed E-state index contributed by atoms with van der Waals surface area (Å²) < 4.78 is 6.48. The Morgan fingerprint density at radius 2 is 1.76 bits per heavy atom. The summed E-state index contributed by atoms with van der Waals surface area (Å²) in [6.07, 6.45) is 2.14. The van der Waals surface area contributed by atoms with E-state index in [4.69, 9.17) is 4.74 Å². The minimum Gasteiger partial charge on any atom is -0.461 e. The highest BCUT2D eigenvalue weighted by Gasteiger charge is 2.28. The van der Waals surface area contributed by atoms with E-state index in [0.717, 1.165) is 5.56 Å². The van der Waals surface area contributed by atoms with Crippen molar-refractivity contribution >= 4 is 29.4 Å². The number of imide groups is 1. The highest BCUT2D eigenvalue weighted by molar-refractivity contribution is 6.04. The quantitative estimate of drug-likeness (QED) is 0.441. The number of nitrogens with one attached hydrogen (secondary N) is 1. The Morgan fingerprint density at radius 1 is 1.03 bits per heavy atom. The Kier molecular flexibility index (Phi) is 6.30. The third-order valence-electron chi connectivity index (χ3n) is 5.15.